The molecule has 0 aliphatic carbocycles. The third-order valence-corrected chi connectivity index (χ3v) is 4.93. The Labute approximate surface area is 154 Å². The monoisotopic (exact) mass is 358 g/mol. The lowest BCUT2D eigenvalue weighted by molar-refractivity contribution is 0.00578. The molecule has 0 bridgehead atoms. The first-order chi connectivity index (χ1) is 12.3. The van der Waals surface area contributed by atoms with Gasteiger partial charge in [-0.15, -0.1) is 0 Å². The highest BCUT2D eigenvalue weighted by Crippen LogP contribution is 2.40. The van der Waals surface area contributed by atoms with Crippen LogP contribution in [-0.4, -0.2) is 24.9 Å². The Morgan fingerprint density at radius 3 is 2.23 bits per heavy atom. The van der Waals surface area contributed by atoms with Gasteiger partial charge >= 0.3 is 7.12 Å². The van der Waals surface area contributed by atoms with E-state index in [2.05, 4.69) is 0 Å². The van der Waals surface area contributed by atoms with Crippen molar-refractivity contribution >= 4 is 12.7 Å². The van der Waals surface area contributed by atoms with Gasteiger partial charge in [-0.25, -0.2) is 4.39 Å². The molecule has 0 radical (unpaired) electrons. The highest BCUT2D eigenvalue weighted by Gasteiger charge is 2.53. The summed E-state index contributed by atoms with van der Waals surface area (Å²) in [7, 11) is -1.06. The smallest absolute Gasteiger partial charge is 0.493 e. The van der Waals surface area contributed by atoms with Crippen LogP contribution in [0, 0.1) is 0 Å². The molecule has 1 aromatic carbocycles. The van der Waals surface area contributed by atoms with E-state index in [-0.39, 0.29) is 0 Å². The van der Waals surface area contributed by atoms with E-state index < -0.39 is 24.0 Å². The molecule has 1 aliphatic heterocycles. The molecule has 0 atom stereocenters. The van der Waals surface area contributed by atoms with Gasteiger partial charge in [-0.05, 0) is 52.0 Å². The zero-order valence-electron chi connectivity index (χ0n) is 15.6. The summed E-state index contributed by atoms with van der Waals surface area (Å²) in [5.74, 6) is 1.19. The molecule has 26 heavy (non-hydrogen) atoms. The zero-order chi connectivity index (χ0) is 18.8. The van der Waals surface area contributed by atoms with E-state index in [0.717, 1.165) is 5.75 Å². The second kappa shape index (κ2) is 7.29. The molecule has 4 nitrogen and oxygen atoms in total. The molecule has 3 rings (SSSR count). The SMILES string of the molecule is CC1(C)OB(C(F)=C(CCOc2ccccc2)c2ccco2)OC1(C)C. The number of ether oxygens (including phenoxy) is 1. The molecule has 0 unspecified atom stereocenters. The number of rotatable bonds is 6. The van der Waals surface area contributed by atoms with Crippen molar-refractivity contribution in [2.24, 2.45) is 0 Å². The fraction of sp³-hybridized carbons (Fsp3) is 0.400. The first-order valence-corrected chi connectivity index (χ1v) is 8.76. The minimum absolute atomic E-state index is 0.312. The molecule has 0 N–H and O–H groups in total. The summed E-state index contributed by atoms with van der Waals surface area (Å²) in [6, 6.07) is 12.9. The summed E-state index contributed by atoms with van der Waals surface area (Å²) in [6.07, 6.45) is 1.85. The van der Waals surface area contributed by atoms with E-state index in [1.54, 1.807) is 12.1 Å². The topological polar surface area (TPSA) is 40.8 Å². The number of hydrogen-bond donors (Lipinski definition) is 0. The number of benzene rings is 1. The van der Waals surface area contributed by atoms with Crippen molar-refractivity contribution in [3.05, 3.63) is 60.2 Å². The molecule has 6 heteroatoms. The van der Waals surface area contributed by atoms with Crippen LogP contribution >= 0.6 is 0 Å². The second-order valence-corrected chi connectivity index (χ2v) is 7.30. The molecule has 1 aromatic heterocycles. The lowest BCUT2D eigenvalue weighted by Gasteiger charge is -2.32. The van der Waals surface area contributed by atoms with Crippen molar-refractivity contribution < 1.29 is 22.9 Å². The van der Waals surface area contributed by atoms with E-state index in [1.165, 1.54) is 6.26 Å². The van der Waals surface area contributed by atoms with Gasteiger partial charge in [0.15, 0.2) is 0 Å². The number of halogens is 1. The van der Waals surface area contributed by atoms with Gasteiger partial charge in [0.25, 0.3) is 0 Å². The highest BCUT2D eigenvalue weighted by atomic mass is 19.1. The minimum Gasteiger partial charge on any atom is -0.493 e. The van der Waals surface area contributed by atoms with Crippen molar-refractivity contribution in [1.29, 1.82) is 0 Å². The molecule has 2 aromatic rings. The summed E-state index contributed by atoms with van der Waals surface area (Å²) < 4.78 is 38.0. The average Bonchev–Trinajstić information content (AvgIpc) is 3.19. The van der Waals surface area contributed by atoms with E-state index in [4.69, 9.17) is 18.5 Å². The van der Waals surface area contributed by atoms with Crippen LogP contribution in [0.2, 0.25) is 0 Å². The van der Waals surface area contributed by atoms with Crippen molar-refractivity contribution in [3.63, 3.8) is 0 Å². The van der Waals surface area contributed by atoms with E-state index in [0.29, 0.717) is 24.4 Å². The van der Waals surface area contributed by atoms with Gasteiger partial charge < -0.3 is 18.5 Å². The van der Waals surface area contributed by atoms with E-state index in [1.807, 2.05) is 58.0 Å². The Balaban J connectivity index is 1.79. The fourth-order valence-electron chi connectivity index (χ4n) is 2.69. The Bertz CT molecular complexity index is 737. The molecule has 138 valence electrons. The number of furan rings is 1. The predicted molar refractivity (Wildman–Crippen MR) is 99.4 cm³/mol. The Hall–Kier alpha value is -2.05. The highest BCUT2D eigenvalue weighted by molar-refractivity contribution is 6.55. The predicted octanol–water partition coefficient (Wildman–Crippen LogP) is 5.06. The average molecular weight is 358 g/mol. The van der Waals surface area contributed by atoms with Crippen LogP contribution < -0.4 is 4.74 Å². The molecule has 1 saturated heterocycles. The van der Waals surface area contributed by atoms with Crippen molar-refractivity contribution in [2.75, 3.05) is 6.61 Å². The summed E-state index contributed by atoms with van der Waals surface area (Å²) in [6.45, 7) is 7.89. The third-order valence-electron chi connectivity index (χ3n) is 4.93. The van der Waals surface area contributed by atoms with Crippen LogP contribution in [-0.2, 0) is 9.31 Å². The van der Waals surface area contributed by atoms with Crippen LogP contribution in [0.5, 0.6) is 5.75 Å². The second-order valence-electron chi connectivity index (χ2n) is 7.30. The Morgan fingerprint density at radius 2 is 1.65 bits per heavy atom. The third kappa shape index (κ3) is 3.86. The van der Waals surface area contributed by atoms with Gasteiger partial charge in [0.1, 0.15) is 17.2 Å². The number of para-hydroxylation sites is 1. The molecule has 2 heterocycles. The van der Waals surface area contributed by atoms with E-state index in [9.17, 15) is 0 Å². The molecule has 0 spiro atoms. The van der Waals surface area contributed by atoms with E-state index >= 15 is 4.39 Å². The van der Waals surface area contributed by atoms with Crippen molar-refractivity contribution in [1.82, 2.24) is 0 Å². The lowest BCUT2D eigenvalue weighted by Crippen LogP contribution is -2.41. The molecule has 0 amide bonds. The molecule has 0 saturated carbocycles. The first kappa shape index (κ1) is 18.7. The lowest BCUT2D eigenvalue weighted by atomic mass is 9.83. The number of hydrogen-bond acceptors (Lipinski definition) is 4. The molecule has 1 aliphatic rings. The van der Waals surface area contributed by atoms with Gasteiger partial charge in [0.2, 0.25) is 0 Å². The van der Waals surface area contributed by atoms with Gasteiger partial charge in [-0.2, -0.15) is 0 Å². The fourth-order valence-corrected chi connectivity index (χ4v) is 2.69. The molecule has 1 fully saturated rings. The Morgan fingerprint density at radius 1 is 1.00 bits per heavy atom. The zero-order valence-corrected chi connectivity index (χ0v) is 15.6. The summed E-state index contributed by atoms with van der Waals surface area (Å²) >= 11 is 0. The van der Waals surface area contributed by atoms with Gasteiger partial charge in [-0.3, -0.25) is 0 Å². The van der Waals surface area contributed by atoms with Crippen LogP contribution in [0.3, 0.4) is 0 Å². The molecular formula is C20H24BFO4. The quantitative estimate of drug-likeness (QED) is 0.677. The summed E-state index contributed by atoms with van der Waals surface area (Å²) in [5, 5.41) is 0. The first-order valence-electron chi connectivity index (χ1n) is 8.76. The van der Waals surface area contributed by atoms with Crippen LogP contribution in [0.15, 0.2) is 58.9 Å². The van der Waals surface area contributed by atoms with Gasteiger partial charge in [-0.1, -0.05) is 18.2 Å². The standard InChI is InChI=1S/C20H24BFO4/c1-19(2)20(3,4)26-21(25-19)18(22)16(17-11-8-13-24-17)12-14-23-15-9-6-5-7-10-15/h5-11,13H,12,14H2,1-4H3. The van der Waals surface area contributed by atoms with Crippen LogP contribution in [0.25, 0.3) is 5.57 Å². The Kier molecular flexibility index (Phi) is 5.25. The van der Waals surface area contributed by atoms with Crippen molar-refractivity contribution in [2.45, 2.75) is 45.3 Å². The van der Waals surface area contributed by atoms with Crippen molar-refractivity contribution in [3.8, 4) is 5.75 Å². The maximum atomic E-state index is 15.3. The van der Waals surface area contributed by atoms with Gasteiger partial charge in [0.05, 0.1) is 24.1 Å². The normalized spacial score (nSPS) is 19.3. The van der Waals surface area contributed by atoms with Crippen LogP contribution in [0.4, 0.5) is 4.39 Å². The molecular weight excluding hydrogens is 334 g/mol. The largest absolute Gasteiger partial charge is 0.525 e. The maximum absolute atomic E-state index is 15.3. The maximum Gasteiger partial charge on any atom is 0.525 e. The minimum atomic E-state index is -1.06. The summed E-state index contributed by atoms with van der Waals surface area (Å²) in [4.78, 5) is 0. The summed E-state index contributed by atoms with van der Waals surface area (Å²) in [5.41, 5.74) is -1.30. The van der Waals surface area contributed by atoms with Gasteiger partial charge in [0, 0.05) is 12.0 Å². The van der Waals surface area contributed by atoms with Crippen LogP contribution in [0.1, 0.15) is 39.9 Å².